The standard InChI is InChI=1S/C21H24N2O2S/c1-13(2)17-6-8-18(9-7-17)20-16(5)21(23-26(20,24)25)22-19-11-14(3)10-15(4)12-19/h6-13H,1-5H3,(H,22,23). The van der Waals surface area contributed by atoms with Crippen molar-refractivity contribution in [1.82, 2.24) is 0 Å². The Hall–Kier alpha value is -2.40. The summed E-state index contributed by atoms with van der Waals surface area (Å²) in [6.45, 7) is 10.0. The molecule has 1 aliphatic rings. The van der Waals surface area contributed by atoms with E-state index in [1.54, 1.807) is 6.92 Å². The maximum atomic E-state index is 12.6. The lowest BCUT2D eigenvalue weighted by atomic mass is 10.0. The van der Waals surface area contributed by atoms with Crippen molar-refractivity contribution in [3.8, 4) is 0 Å². The summed E-state index contributed by atoms with van der Waals surface area (Å²) in [7, 11) is -3.71. The molecule has 1 aliphatic heterocycles. The van der Waals surface area contributed by atoms with Crippen LogP contribution >= 0.6 is 0 Å². The number of rotatable bonds is 3. The van der Waals surface area contributed by atoms with Crippen molar-refractivity contribution in [1.29, 1.82) is 0 Å². The molecule has 0 unspecified atom stereocenters. The molecule has 0 saturated carbocycles. The summed E-state index contributed by atoms with van der Waals surface area (Å²) in [6, 6.07) is 13.7. The number of amidine groups is 1. The number of hydrogen-bond donors (Lipinski definition) is 1. The second kappa shape index (κ2) is 6.72. The van der Waals surface area contributed by atoms with Gasteiger partial charge in [0.25, 0.3) is 10.0 Å². The van der Waals surface area contributed by atoms with Gasteiger partial charge in [-0.25, -0.2) is 0 Å². The Morgan fingerprint density at radius 3 is 2.04 bits per heavy atom. The molecule has 0 atom stereocenters. The number of aryl methyl sites for hydroxylation is 2. The van der Waals surface area contributed by atoms with E-state index in [0.29, 0.717) is 22.9 Å². The molecule has 0 aromatic heterocycles. The van der Waals surface area contributed by atoms with Gasteiger partial charge in [0.15, 0.2) is 0 Å². The highest BCUT2D eigenvalue weighted by molar-refractivity contribution is 8.00. The third kappa shape index (κ3) is 3.58. The lowest BCUT2D eigenvalue weighted by Crippen LogP contribution is -2.11. The van der Waals surface area contributed by atoms with Crippen LogP contribution in [-0.4, -0.2) is 14.3 Å². The van der Waals surface area contributed by atoms with E-state index in [-0.39, 0.29) is 4.91 Å². The number of sulfonamides is 1. The van der Waals surface area contributed by atoms with Crippen molar-refractivity contribution >= 4 is 26.5 Å². The van der Waals surface area contributed by atoms with Gasteiger partial charge in [-0.3, -0.25) is 0 Å². The summed E-state index contributed by atoms with van der Waals surface area (Å²) in [6.07, 6.45) is 0. The predicted octanol–water partition coefficient (Wildman–Crippen LogP) is 5.01. The molecule has 136 valence electrons. The van der Waals surface area contributed by atoms with Gasteiger partial charge in [0, 0.05) is 11.3 Å². The van der Waals surface area contributed by atoms with Crippen molar-refractivity contribution in [2.45, 2.75) is 40.5 Å². The van der Waals surface area contributed by atoms with Crippen molar-refractivity contribution in [3.63, 3.8) is 0 Å². The molecule has 1 N–H and O–H groups in total. The summed E-state index contributed by atoms with van der Waals surface area (Å²) in [4.78, 5) is 0.277. The fourth-order valence-electron chi connectivity index (χ4n) is 3.22. The highest BCUT2D eigenvalue weighted by atomic mass is 32.2. The molecule has 2 aromatic carbocycles. The largest absolute Gasteiger partial charge is 0.339 e. The minimum Gasteiger partial charge on any atom is -0.339 e. The van der Waals surface area contributed by atoms with Gasteiger partial charge >= 0.3 is 0 Å². The molecule has 26 heavy (non-hydrogen) atoms. The molecule has 0 saturated heterocycles. The first kappa shape index (κ1) is 18.4. The third-order valence-corrected chi connectivity index (χ3v) is 5.97. The zero-order valence-electron chi connectivity index (χ0n) is 15.8. The number of hydrogen-bond acceptors (Lipinski definition) is 3. The van der Waals surface area contributed by atoms with E-state index in [2.05, 4.69) is 29.6 Å². The zero-order valence-corrected chi connectivity index (χ0v) is 16.6. The van der Waals surface area contributed by atoms with Gasteiger partial charge in [-0.05, 0) is 61.1 Å². The Labute approximate surface area is 155 Å². The Morgan fingerprint density at radius 2 is 1.50 bits per heavy atom. The van der Waals surface area contributed by atoms with Crippen molar-refractivity contribution in [2.75, 3.05) is 5.32 Å². The SMILES string of the molecule is CC1=C(c2ccc(C(C)C)cc2)S(=O)(=O)N=C1Nc1cc(C)cc(C)c1. The van der Waals surface area contributed by atoms with E-state index in [1.807, 2.05) is 50.2 Å². The smallest absolute Gasteiger partial charge is 0.285 e. The molecule has 0 radical (unpaired) electrons. The van der Waals surface area contributed by atoms with E-state index in [4.69, 9.17) is 0 Å². The Kier molecular flexibility index (Phi) is 4.76. The van der Waals surface area contributed by atoms with Crippen LogP contribution in [0.3, 0.4) is 0 Å². The topological polar surface area (TPSA) is 58.5 Å². The molecule has 0 bridgehead atoms. The summed E-state index contributed by atoms with van der Waals surface area (Å²) >= 11 is 0. The fraction of sp³-hybridized carbons (Fsp3) is 0.286. The molecule has 3 rings (SSSR count). The molecule has 0 aliphatic carbocycles. The highest BCUT2D eigenvalue weighted by Crippen LogP contribution is 2.33. The van der Waals surface area contributed by atoms with Gasteiger partial charge in [-0.1, -0.05) is 44.2 Å². The Morgan fingerprint density at radius 1 is 0.923 bits per heavy atom. The minimum atomic E-state index is -3.71. The van der Waals surface area contributed by atoms with Crippen molar-refractivity contribution in [2.24, 2.45) is 4.40 Å². The summed E-state index contributed by atoms with van der Waals surface area (Å²) < 4.78 is 29.3. The number of nitrogens with one attached hydrogen (secondary N) is 1. The van der Waals surface area contributed by atoms with Crippen LogP contribution in [0, 0.1) is 13.8 Å². The van der Waals surface area contributed by atoms with E-state index < -0.39 is 10.0 Å². The average molecular weight is 369 g/mol. The van der Waals surface area contributed by atoms with Crippen LogP contribution in [0.15, 0.2) is 52.4 Å². The second-order valence-corrected chi connectivity index (χ2v) is 8.69. The van der Waals surface area contributed by atoms with Crippen molar-refractivity contribution in [3.05, 3.63) is 70.3 Å². The molecule has 1 heterocycles. The lowest BCUT2D eigenvalue weighted by molar-refractivity contribution is 0.608. The zero-order chi connectivity index (χ0) is 19.1. The molecular weight excluding hydrogens is 344 g/mol. The average Bonchev–Trinajstić information content (AvgIpc) is 2.75. The summed E-state index contributed by atoms with van der Waals surface area (Å²) in [5, 5.41) is 3.17. The summed E-state index contributed by atoms with van der Waals surface area (Å²) in [5.41, 5.74) is 5.55. The van der Waals surface area contributed by atoms with Gasteiger partial charge in [0.1, 0.15) is 10.7 Å². The molecule has 5 heteroatoms. The van der Waals surface area contributed by atoms with E-state index in [0.717, 1.165) is 16.8 Å². The molecule has 0 fully saturated rings. The second-order valence-electron chi connectivity index (χ2n) is 7.15. The van der Waals surface area contributed by atoms with Crippen LogP contribution in [0.4, 0.5) is 5.69 Å². The maximum Gasteiger partial charge on any atom is 0.285 e. The van der Waals surface area contributed by atoms with Crippen LogP contribution < -0.4 is 5.32 Å². The highest BCUT2D eigenvalue weighted by Gasteiger charge is 2.31. The van der Waals surface area contributed by atoms with Gasteiger partial charge in [-0.2, -0.15) is 8.42 Å². The van der Waals surface area contributed by atoms with Gasteiger partial charge < -0.3 is 5.32 Å². The third-order valence-electron chi connectivity index (χ3n) is 4.49. The van der Waals surface area contributed by atoms with Crippen LogP contribution in [0.5, 0.6) is 0 Å². The Balaban J connectivity index is 1.99. The van der Waals surface area contributed by atoms with Gasteiger partial charge in [-0.15, -0.1) is 4.40 Å². The normalized spacial score (nSPS) is 16.2. The molecule has 0 amide bonds. The molecule has 4 nitrogen and oxygen atoms in total. The van der Waals surface area contributed by atoms with Crippen LogP contribution in [0.1, 0.15) is 48.9 Å². The van der Waals surface area contributed by atoms with Crippen LogP contribution in [0.25, 0.3) is 4.91 Å². The van der Waals surface area contributed by atoms with E-state index >= 15 is 0 Å². The van der Waals surface area contributed by atoms with Crippen molar-refractivity contribution < 1.29 is 8.42 Å². The predicted molar refractivity (Wildman–Crippen MR) is 109 cm³/mol. The lowest BCUT2D eigenvalue weighted by Gasteiger charge is -2.10. The molecule has 2 aromatic rings. The first-order chi connectivity index (χ1) is 12.2. The van der Waals surface area contributed by atoms with Gasteiger partial charge in [0.2, 0.25) is 0 Å². The van der Waals surface area contributed by atoms with Crippen LogP contribution in [-0.2, 0) is 10.0 Å². The first-order valence-electron chi connectivity index (χ1n) is 8.69. The quantitative estimate of drug-likeness (QED) is 0.828. The molecule has 0 spiro atoms. The number of anilines is 1. The molecular formula is C21H24N2O2S. The summed E-state index contributed by atoms with van der Waals surface area (Å²) in [5.74, 6) is 0.787. The first-order valence-corrected chi connectivity index (χ1v) is 10.1. The van der Waals surface area contributed by atoms with Crippen LogP contribution in [0.2, 0.25) is 0 Å². The van der Waals surface area contributed by atoms with E-state index in [1.165, 1.54) is 5.56 Å². The maximum absolute atomic E-state index is 12.6. The number of nitrogens with zero attached hydrogens (tertiary/aromatic N) is 1. The van der Waals surface area contributed by atoms with E-state index in [9.17, 15) is 8.42 Å². The Bertz CT molecular complexity index is 994. The monoisotopic (exact) mass is 368 g/mol. The fourth-order valence-corrected chi connectivity index (χ4v) is 4.65. The minimum absolute atomic E-state index is 0.277. The number of benzene rings is 2. The van der Waals surface area contributed by atoms with Gasteiger partial charge in [0.05, 0.1) is 0 Å².